The number of benzene rings is 2. The average molecular weight is 382 g/mol. The van der Waals surface area contributed by atoms with Crippen molar-refractivity contribution in [2.45, 2.75) is 38.9 Å². The number of hydrogen-bond donors (Lipinski definition) is 1. The molecule has 28 heavy (non-hydrogen) atoms. The predicted molar refractivity (Wildman–Crippen MR) is 109 cm³/mol. The van der Waals surface area contributed by atoms with Gasteiger partial charge in [-0.3, -0.25) is 9.59 Å². The summed E-state index contributed by atoms with van der Waals surface area (Å²) in [6, 6.07) is 15.0. The second-order valence-corrected chi connectivity index (χ2v) is 6.82. The second-order valence-electron chi connectivity index (χ2n) is 6.82. The molecule has 6 nitrogen and oxygen atoms in total. The van der Waals surface area contributed by atoms with Gasteiger partial charge in [-0.1, -0.05) is 30.3 Å². The second kappa shape index (κ2) is 9.37. The van der Waals surface area contributed by atoms with Crippen LogP contribution in [0.5, 0.6) is 5.75 Å². The fraction of sp³-hybridized carbons (Fsp3) is 0.364. The van der Waals surface area contributed by atoms with Crippen LogP contribution >= 0.6 is 0 Å². The maximum Gasteiger partial charge on any atom is 0.253 e. The number of carbonyl (C=O) groups is 2. The number of amides is 2. The molecule has 1 unspecified atom stereocenters. The van der Waals surface area contributed by atoms with Crippen LogP contribution in [0.3, 0.4) is 0 Å². The van der Waals surface area contributed by atoms with E-state index in [1.165, 1.54) is 0 Å². The molecule has 0 aromatic heterocycles. The first-order valence-electron chi connectivity index (χ1n) is 9.53. The van der Waals surface area contributed by atoms with Gasteiger partial charge in [-0.2, -0.15) is 0 Å². The number of nitrogens with one attached hydrogen (secondary N) is 1. The Labute approximate surface area is 165 Å². The zero-order valence-electron chi connectivity index (χ0n) is 16.3. The van der Waals surface area contributed by atoms with Crippen LogP contribution in [0.15, 0.2) is 48.5 Å². The van der Waals surface area contributed by atoms with Crippen molar-refractivity contribution in [3.8, 4) is 5.75 Å². The Morgan fingerprint density at radius 2 is 1.96 bits per heavy atom. The van der Waals surface area contributed by atoms with E-state index in [0.717, 1.165) is 18.4 Å². The molecule has 1 atom stereocenters. The highest BCUT2D eigenvalue weighted by molar-refractivity contribution is 5.98. The molecule has 2 amide bonds. The molecule has 0 radical (unpaired) electrons. The van der Waals surface area contributed by atoms with E-state index in [9.17, 15) is 9.59 Å². The van der Waals surface area contributed by atoms with Crippen LogP contribution in [0.25, 0.3) is 0 Å². The van der Waals surface area contributed by atoms with Crippen molar-refractivity contribution < 1.29 is 19.1 Å². The van der Waals surface area contributed by atoms with Gasteiger partial charge in [0.2, 0.25) is 5.91 Å². The van der Waals surface area contributed by atoms with Crippen molar-refractivity contribution in [1.82, 2.24) is 0 Å². The third kappa shape index (κ3) is 4.89. The molecular formula is C22H26N2O4. The van der Waals surface area contributed by atoms with Gasteiger partial charge in [0.15, 0.2) is 0 Å². The molecule has 1 N–H and O–H groups in total. The number of ether oxygens (including phenoxy) is 2. The summed E-state index contributed by atoms with van der Waals surface area (Å²) in [6.45, 7) is 2.74. The molecule has 1 aliphatic rings. The number of rotatable bonds is 7. The molecule has 1 saturated heterocycles. The zero-order valence-corrected chi connectivity index (χ0v) is 16.3. The van der Waals surface area contributed by atoms with Gasteiger partial charge in [0.1, 0.15) is 11.9 Å². The van der Waals surface area contributed by atoms with Gasteiger partial charge in [0.05, 0.1) is 19.4 Å². The summed E-state index contributed by atoms with van der Waals surface area (Å²) in [6.07, 6.45) is 1.78. The summed E-state index contributed by atoms with van der Waals surface area (Å²) < 4.78 is 11.1. The third-order valence-corrected chi connectivity index (χ3v) is 4.77. The third-order valence-electron chi connectivity index (χ3n) is 4.77. The van der Waals surface area contributed by atoms with Crippen molar-refractivity contribution in [2.24, 2.45) is 0 Å². The van der Waals surface area contributed by atoms with E-state index in [1.54, 1.807) is 37.1 Å². The smallest absolute Gasteiger partial charge is 0.253 e. The van der Waals surface area contributed by atoms with Crippen LogP contribution in [0.2, 0.25) is 0 Å². The number of methoxy groups -OCH3 is 1. The Hall–Kier alpha value is -2.86. The summed E-state index contributed by atoms with van der Waals surface area (Å²) in [4.78, 5) is 26.5. The fourth-order valence-corrected chi connectivity index (χ4v) is 3.15. The lowest BCUT2D eigenvalue weighted by Crippen LogP contribution is -2.35. The quantitative estimate of drug-likeness (QED) is 0.792. The number of nitrogens with zero attached hydrogens (tertiary/aromatic N) is 1. The molecule has 3 rings (SSSR count). The molecule has 0 spiro atoms. The molecule has 2 aromatic carbocycles. The fourth-order valence-electron chi connectivity index (χ4n) is 3.15. The Morgan fingerprint density at radius 1 is 1.18 bits per heavy atom. The first-order valence-corrected chi connectivity index (χ1v) is 9.53. The predicted octanol–water partition coefficient (Wildman–Crippen LogP) is 3.76. The number of hydrogen-bond acceptors (Lipinski definition) is 4. The summed E-state index contributed by atoms with van der Waals surface area (Å²) >= 11 is 0. The minimum atomic E-state index is -0.609. The largest absolute Gasteiger partial charge is 0.495 e. The Balaban J connectivity index is 1.66. The summed E-state index contributed by atoms with van der Waals surface area (Å²) in [5.74, 6) is 0.450. The molecular weight excluding hydrogens is 356 g/mol. The average Bonchev–Trinajstić information content (AvgIpc) is 2.73. The summed E-state index contributed by atoms with van der Waals surface area (Å²) in [5, 5.41) is 2.87. The van der Waals surface area contributed by atoms with E-state index in [0.29, 0.717) is 36.7 Å². The van der Waals surface area contributed by atoms with Crippen LogP contribution in [0, 0.1) is 0 Å². The van der Waals surface area contributed by atoms with Gasteiger partial charge >= 0.3 is 0 Å². The van der Waals surface area contributed by atoms with Crippen LogP contribution in [-0.2, 0) is 20.9 Å². The zero-order chi connectivity index (χ0) is 19.9. The Morgan fingerprint density at radius 3 is 2.68 bits per heavy atom. The maximum absolute atomic E-state index is 12.5. The van der Waals surface area contributed by atoms with Gasteiger partial charge in [-0.25, -0.2) is 0 Å². The van der Waals surface area contributed by atoms with Crippen molar-refractivity contribution in [3.63, 3.8) is 0 Å². The minimum absolute atomic E-state index is 0.0765. The van der Waals surface area contributed by atoms with Crippen molar-refractivity contribution in [3.05, 3.63) is 54.1 Å². The van der Waals surface area contributed by atoms with E-state index in [-0.39, 0.29) is 11.8 Å². The molecule has 1 aliphatic heterocycles. The molecule has 0 aliphatic carbocycles. The van der Waals surface area contributed by atoms with Gasteiger partial charge < -0.3 is 19.7 Å². The van der Waals surface area contributed by atoms with Crippen LogP contribution in [-0.4, -0.2) is 31.6 Å². The normalized spacial score (nSPS) is 15.2. The highest BCUT2D eigenvalue weighted by Crippen LogP contribution is 2.33. The highest BCUT2D eigenvalue weighted by Gasteiger charge is 2.23. The van der Waals surface area contributed by atoms with E-state index in [4.69, 9.17) is 9.47 Å². The standard InChI is InChI=1S/C22H26N2O4/c1-16(28-15-17-8-4-3-5-9-17)22(26)23-18-11-12-20(27-2)19(14-18)24-13-7-6-10-21(24)25/h3-5,8-9,11-12,14,16H,6-7,10,13,15H2,1-2H3,(H,23,26). The number of carbonyl (C=O) groups excluding carboxylic acids is 2. The van der Waals surface area contributed by atoms with Gasteiger partial charge in [0, 0.05) is 18.7 Å². The molecule has 6 heteroatoms. The topological polar surface area (TPSA) is 67.9 Å². The van der Waals surface area contributed by atoms with E-state index in [2.05, 4.69) is 5.32 Å². The van der Waals surface area contributed by atoms with Crippen molar-refractivity contribution >= 4 is 23.2 Å². The summed E-state index contributed by atoms with van der Waals surface area (Å²) in [5.41, 5.74) is 2.30. The van der Waals surface area contributed by atoms with E-state index >= 15 is 0 Å². The first kappa shape index (κ1) is 19.9. The highest BCUT2D eigenvalue weighted by atomic mass is 16.5. The molecule has 0 bridgehead atoms. The lowest BCUT2D eigenvalue weighted by molar-refractivity contribution is -0.127. The van der Waals surface area contributed by atoms with Crippen LogP contribution in [0.4, 0.5) is 11.4 Å². The van der Waals surface area contributed by atoms with Gasteiger partial charge in [-0.05, 0) is 43.5 Å². The van der Waals surface area contributed by atoms with E-state index in [1.807, 2.05) is 30.3 Å². The van der Waals surface area contributed by atoms with E-state index < -0.39 is 6.10 Å². The maximum atomic E-state index is 12.5. The van der Waals surface area contributed by atoms with Gasteiger partial charge in [-0.15, -0.1) is 0 Å². The molecule has 0 saturated carbocycles. The minimum Gasteiger partial charge on any atom is -0.495 e. The molecule has 1 fully saturated rings. The molecule has 148 valence electrons. The lowest BCUT2D eigenvalue weighted by Gasteiger charge is -2.28. The monoisotopic (exact) mass is 382 g/mol. The van der Waals surface area contributed by atoms with Crippen LogP contribution in [0.1, 0.15) is 31.7 Å². The Kier molecular flexibility index (Phi) is 6.66. The van der Waals surface area contributed by atoms with Crippen LogP contribution < -0.4 is 15.0 Å². The molecule has 2 aromatic rings. The molecule has 1 heterocycles. The lowest BCUT2D eigenvalue weighted by atomic mass is 10.1. The first-order chi connectivity index (χ1) is 13.6. The number of anilines is 2. The van der Waals surface area contributed by atoms with Gasteiger partial charge in [0.25, 0.3) is 5.91 Å². The SMILES string of the molecule is COc1ccc(NC(=O)C(C)OCc2ccccc2)cc1N1CCCCC1=O. The number of piperidine rings is 1. The Bertz CT molecular complexity index is 823. The van der Waals surface area contributed by atoms with Crippen molar-refractivity contribution in [1.29, 1.82) is 0 Å². The summed E-state index contributed by atoms with van der Waals surface area (Å²) in [7, 11) is 1.57. The van der Waals surface area contributed by atoms with Crippen molar-refractivity contribution in [2.75, 3.05) is 23.9 Å².